The quantitative estimate of drug-likeness (QED) is 0.422. The molecule has 1 aliphatic heterocycles. The molecule has 1 aliphatic rings. The first-order valence-corrected chi connectivity index (χ1v) is 9.02. The van der Waals surface area contributed by atoms with Crippen molar-refractivity contribution in [1.29, 1.82) is 0 Å². The summed E-state index contributed by atoms with van der Waals surface area (Å²) in [5.41, 5.74) is 2.94. The molecule has 0 spiro atoms. The molecule has 0 aliphatic carbocycles. The Balaban J connectivity index is 1.64. The first kappa shape index (κ1) is 16.3. The molecule has 3 N–H and O–H groups in total. The SMILES string of the molecule is NNC(CCCC1CCCO1)CSc1ccc(Br)cc1. The number of hydrogen-bond donors (Lipinski definition) is 2. The second-order valence-corrected chi connectivity index (χ2v) is 7.20. The molecule has 3 nitrogen and oxygen atoms in total. The summed E-state index contributed by atoms with van der Waals surface area (Å²) in [6.07, 6.45) is 6.41. The number of nitrogens with two attached hydrogens (primary N) is 1. The van der Waals surface area contributed by atoms with Crippen molar-refractivity contribution in [2.75, 3.05) is 12.4 Å². The van der Waals surface area contributed by atoms with Crippen molar-refractivity contribution in [2.24, 2.45) is 5.84 Å². The Hall–Kier alpha value is -0.0700. The summed E-state index contributed by atoms with van der Waals surface area (Å²) in [7, 11) is 0. The molecule has 1 aromatic carbocycles. The van der Waals surface area contributed by atoms with E-state index in [1.807, 2.05) is 11.8 Å². The molecule has 1 aromatic rings. The number of halogens is 1. The molecule has 1 saturated heterocycles. The summed E-state index contributed by atoms with van der Waals surface area (Å²) in [4.78, 5) is 1.28. The monoisotopic (exact) mass is 358 g/mol. The van der Waals surface area contributed by atoms with Gasteiger partial charge in [0.25, 0.3) is 0 Å². The fourth-order valence-electron chi connectivity index (χ4n) is 2.41. The van der Waals surface area contributed by atoms with Crippen molar-refractivity contribution in [3.05, 3.63) is 28.7 Å². The standard InChI is InChI=1S/C15H23BrN2OS/c16-12-6-8-15(9-7-12)20-11-13(18-17)3-1-4-14-5-2-10-19-14/h6-9,13-14,18H,1-5,10-11,17H2. The van der Waals surface area contributed by atoms with Crippen LogP contribution in [-0.4, -0.2) is 24.5 Å². The Morgan fingerprint density at radius 3 is 2.85 bits per heavy atom. The van der Waals surface area contributed by atoms with Gasteiger partial charge in [0.15, 0.2) is 0 Å². The predicted molar refractivity (Wildman–Crippen MR) is 88.8 cm³/mol. The van der Waals surface area contributed by atoms with Crippen LogP contribution in [0.3, 0.4) is 0 Å². The molecule has 2 unspecified atom stereocenters. The lowest BCUT2D eigenvalue weighted by molar-refractivity contribution is 0.101. The van der Waals surface area contributed by atoms with E-state index < -0.39 is 0 Å². The highest BCUT2D eigenvalue weighted by atomic mass is 79.9. The van der Waals surface area contributed by atoms with E-state index in [4.69, 9.17) is 10.6 Å². The predicted octanol–water partition coefficient (Wildman–Crippen LogP) is 3.72. The normalized spacial score (nSPS) is 20.2. The largest absolute Gasteiger partial charge is 0.378 e. The third-order valence-electron chi connectivity index (χ3n) is 3.60. The van der Waals surface area contributed by atoms with E-state index in [1.165, 1.54) is 30.6 Å². The number of hydrazine groups is 1. The van der Waals surface area contributed by atoms with E-state index in [9.17, 15) is 0 Å². The maximum atomic E-state index is 5.65. The number of benzene rings is 1. The van der Waals surface area contributed by atoms with Crippen molar-refractivity contribution in [2.45, 2.75) is 49.1 Å². The van der Waals surface area contributed by atoms with E-state index in [2.05, 4.69) is 45.6 Å². The average Bonchev–Trinajstić information content (AvgIpc) is 2.97. The zero-order chi connectivity index (χ0) is 14.2. The molecule has 20 heavy (non-hydrogen) atoms. The van der Waals surface area contributed by atoms with Gasteiger partial charge in [-0.25, -0.2) is 0 Å². The lowest BCUT2D eigenvalue weighted by atomic mass is 10.1. The number of nitrogens with one attached hydrogen (secondary N) is 1. The van der Waals surface area contributed by atoms with Gasteiger partial charge in [-0.05, 0) is 56.4 Å². The number of thioether (sulfide) groups is 1. The average molecular weight is 359 g/mol. The molecule has 0 radical (unpaired) electrons. The van der Waals surface area contributed by atoms with Crippen molar-refractivity contribution in [3.63, 3.8) is 0 Å². The van der Waals surface area contributed by atoms with Crippen LogP contribution in [0.2, 0.25) is 0 Å². The molecule has 1 heterocycles. The smallest absolute Gasteiger partial charge is 0.0576 e. The maximum Gasteiger partial charge on any atom is 0.0576 e. The second-order valence-electron chi connectivity index (χ2n) is 5.19. The summed E-state index contributed by atoms with van der Waals surface area (Å²) < 4.78 is 6.77. The lowest BCUT2D eigenvalue weighted by Gasteiger charge is -2.16. The van der Waals surface area contributed by atoms with Crippen molar-refractivity contribution >= 4 is 27.7 Å². The molecular weight excluding hydrogens is 336 g/mol. The molecule has 1 fully saturated rings. The van der Waals surface area contributed by atoms with E-state index in [1.54, 1.807) is 0 Å². The fourth-order valence-corrected chi connectivity index (χ4v) is 3.66. The molecule has 2 atom stereocenters. The Bertz CT molecular complexity index is 382. The Labute approximate surface area is 134 Å². The zero-order valence-corrected chi connectivity index (χ0v) is 14.1. The van der Waals surface area contributed by atoms with Crippen LogP contribution >= 0.6 is 27.7 Å². The third kappa shape index (κ3) is 5.74. The van der Waals surface area contributed by atoms with Gasteiger partial charge >= 0.3 is 0 Å². The lowest BCUT2D eigenvalue weighted by Crippen LogP contribution is -2.37. The van der Waals surface area contributed by atoms with Crippen molar-refractivity contribution in [3.8, 4) is 0 Å². The van der Waals surface area contributed by atoms with Crippen LogP contribution in [0.4, 0.5) is 0 Å². The van der Waals surface area contributed by atoms with Crippen LogP contribution in [0.5, 0.6) is 0 Å². The van der Waals surface area contributed by atoms with Gasteiger partial charge in [-0.3, -0.25) is 11.3 Å². The molecule has 0 amide bonds. The molecule has 5 heteroatoms. The Morgan fingerprint density at radius 2 is 2.20 bits per heavy atom. The van der Waals surface area contributed by atoms with E-state index in [0.29, 0.717) is 12.1 Å². The highest BCUT2D eigenvalue weighted by Crippen LogP contribution is 2.23. The summed E-state index contributed by atoms with van der Waals surface area (Å²) in [5, 5.41) is 0. The summed E-state index contributed by atoms with van der Waals surface area (Å²) in [6, 6.07) is 8.78. The summed E-state index contributed by atoms with van der Waals surface area (Å²) >= 11 is 5.30. The minimum absolute atomic E-state index is 0.366. The summed E-state index contributed by atoms with van der Waals surface area (Å²) in [5.74, 6) is 6.66. The topological polar surface area (TPSA) is 47.3 Å². The van der Waals surface area contributed by atoms with Gasteiger partial charge < -0.3 is 4.74 Å². The van der Waals surface area contributed by atoms with Crippen molar-refractivity contribution in [1.82, 2.24) is 5.43 Å². The van der Waals surface area contributed by atoms with Crippen LogP contribution in [-0.2, 0) is 4.74 Å². The molecule has 2 rings (SSSR count). The van der Waals surface area contributed by atoms with E-state index >= 15 is 0 Å². The van der Waals surface area contributed by atoms with Crippen LogP contribution in [0.1, 0.15) is 32.1 Å². The summed E-state index contributed by atoms with van der Waals surface area (Å²) in [6.45, 7) is 0.947. The maximum absolute atomic E-state index is 5.65. The number of rotatable bonds is 8. The van der Waals surface area contributed by atoms with Crippen molar-refractivity contribution < 1.29 is 4.74 Å². The van der Waals surface area contributed by atoms with Gasteiger partial charge in [0.1, 0.15) is 0 Å². The van der Waals surface area contributed by atoms with Crippen LogP contribution in [0, 0.1) is 0 Å². The van der Waals surface area contributed by atoms with Gasteiger partial charge in [0.05, 0.1) is 6.10 Å². The first-order valence-electron chi connectivity index (χ1n) is 7.24. The molecule has 0 aromatic heterocycles. The Kier molecular flexibility index (Phi) is 7.38. The minimum atomic E-state index is 0.366. The highest BCUT2D eigenvalue weighted by molar-refractivity contribution is 9.10. The second kappa shape index (κ2) is 9.05. The zero-order valence-electron chi connectivity index (χ0n) is 11.7. The Morgan fingerprint density at radius 1 is 1.40 bits per heavy atom. The first-order chi connectivity index (χ1) is 9.78. The van der Waals surface area contributed by atoms with Gasteiger partial charge in [0.2, 0.25) is 0 Å². The van der Waals surface area contributed by atoms with Crippen LogP contribution in [0.15, 0.2) is 33.6 Å². The van der Waals surface area contributed by atoms with Crippen LogP contribution < -0.4 is 11.3 Å². The van der Waals surface area contributed by atoms with E-state index in [0.717, 1.165) is 23.3 Å². The molecule has 0 bridgehead atoms. The van der Waals surface area contributed by atoms with Gasteiger partial charge in [-0.2, -0.15) is 0 Å². The van der Waals surface area contributed by atoms with Gasteiger partial charge in [-0.1, -0.05) is 15.9 Å². The highest BCUT2D eigenvalue weighted by Gasteiger charge is 2.16. The molecular formula is C15H23BrN2OS. The third-order valence-corrected chi connectivity index (χ3v) is 5.31. The minimum Gasteiger partial charge on any atom is -0.378 e. The van der Waals surface area contributed by atoms with Gasteiger partial charge in [0, 0.05) is 27.8 Å². The van der Waals surface area contributed by atoms with E-state index in [-0.39, 0.29) is 0 Å². The number of hydrogen-bond acceptors (Lipinski definition) is 4. The fraction of sp³-hybridized carbons (Fsp3) is 0.600. The van der Waals surface area contributed by atoms with Gasteiger partial charge in [-0.15, -0.1) is 11.8 Å². The number of ether oxygens (including phenoxy) is 1. The molecule has 0 saturated carbocycles. The van der Waals surface area contributed by atoms with Crippen LogP contribution in [0.25, 0.3) is 0 Å². The molecule has 112 valence electrons.